The van der Waals surface area contributed by atoms with Gasteiger partial charge < -0.3 is 0 Å². The van der Waals surface area contributed by atoms with Gasteiger partial charge in [-0.1, -0.05) is 75.0 Å². The maximum absolute atomic E-state index is 12.8. The number of para-hydroxylation sites is 1. The largest absolute Gasteiger partial charge is 0.293 e. The molecule has 0 radical (unpaired) electrons. The normalized spacial score (nSPS) is 12.8. The molecule has 1 aromatic heterocycles. The second-order valence-corrected chi connectivity index (χ2v) is 8.47. The Kier molecular flexibility index (Phi) is 5.23. The summed E-state index contributed by atoms with van der Waals surface area (Å²) in [6, 6.07) is 17.5. The van der Waals surface area contributed by atoms with Crippen molar-refractivity contribution in [3.8, 4) is 5.69 Å². The minimum absolute atomic E-state index is 0.0677. The van der Waals surface area contributed by atoms with Gasteiger partial charge in [-0.3, -0.25) is 4.79 Å². The fraction of sp³-hybridized carbons (Fsp3) is 0.300. The van der Waals surface area contributed by atoms with Gasteiger partial charge in [0, 0.05) is 5.56 Å². The first kappa shape index (κ1) is 18.3. The van der Waals surface area contributed by atoms with E-state index in [1.165, 1.54) is 17.3 Å². The second-order valence-electron chi connectivity index (χ2n) is 7.16. The third kappa shape index (κ3) is 4.02. The monoisotopic (exact) mass is 366 g/mol. The number of carbonyl (C=O) groups excluding carboxylic acids is 1. The average Bonchev–Trinajstić information content (AvgIpc) is 3.09. The Bertz CT molecular complexity index is 882. The molecular formula is C20H22N4OS. The zero-order chi connectivity index (χ0) is 18.7. The Labute approximate surface area is 157 Å². The van der Waals surface area contributed by atoms with Crippen LogP contribution in [-0.4, -0.2) is 31.2 Å². The van der Waals surface area contributed by atoms with Crippen LogP contribution in [-0.2, 0) is 5.41 Å². The molecule has 6 heteroatoms. The third-order valence-corrected chi connectivity index (χ3v) is 5.16. The number of hydrogen-bond acceptors (Lipinski definition) is 5. The lowest BCUT2D eigenvalue weighted by atomic mass is 9.86. The maximum atomic E-state index is 12.8. The first-order valence-electron chi connectivity index (χ1n) is 8.51. The van der Waals surface area contributed by atoms with Crippen LogP contribution in [0.4, 0.5) is 0 Å². The highest BCUT2D eigenvalue weighted by Gasteiger charge is 2.21. The van der Waals surface area contributed by atoms with Crippen molar-refractivity contribution in [2.24, 2.45) is 0 Å². The Morgan fingerprint density at radius 1 is 1.04 bits per heavy atom. The summed E-state index contributed by atoms with van der Waals surface area (Å²) in [5, 5.41) is 12.2. The van der Waals surface area contributed by atoms with Gasteiger partial charge in [-0.25, -0.2) is 0 Å². The van der Waals surface area contributed by atoms with E-state index in [2.05, 4.69) is 36.3 Å². The lowest BCUT2D eigenvalue weighted by Crippen LogP contribution is -2.16. The summed E-state index contributed by atoms with van der Waals surface area (Å²) in [7, 11) is 0. The van der Waals surface area contributed by atoms with Gasteiger partial charge in [0.05, 0.1) is 10.9 Å². The van der Waals surface area contributed by atoms with Crippen molar-refractivity contribution >= 4 is 17.5 Å². The molecule has 0 aliphatic carbocycles. The predicted octanol–water partition coefficient (Wildman–Crippen LogP) is 4.32. The molecule has 0 fully saturated rings. The first-order valence-corrected chi connectivity index (χ1v) is 9.39. The van der Waals surface area contributed by atoms with Gasteiger partial charge >= 0.3 is 0 Å². The SMILES string of the molecule is C[C@H](Sc1nnnn1-c1ccccc1)C(=O)c1ccc(C(C)(C)C)cc1. The van der Waals surface area contributed by atoms with E-state index in [-0.39, 0.29) is 16.4 Å². The number of Topliss-reactive ketones (excluding diaryl/α,β-unsaturated/α-hetero) is 1. The van der Waals surface area contributed by atoms with Crippen molar-refractivity contribution in [2.75, 3.05) is 0 Å². The molecule has 3 aromatic rings. The quantitative estimate of drug-likeness (QED) is 0.497. The van der Waals surface area contributed by atoms with Gasteiger partial charge in [-0.15, -0.1) is 5.10 Å². The van der Waals surface area contributed by atoms with Crippen LogP contribution in [0.2, 0.25) is 0 Å². The molecule has 0 saturated heterocycles. The van der Waals surface area contributed by atoms with Crippen LogP contribution < -0.4 is 0 Å². The van der Waals surface area contributed by atoms with Gasteiger partial charge in [0.15, 0.2) is 5.78 Å². The molecule has 0 aliphatic heterocycles. The highest BCUT2D eigenvalue weighted by molar-refractivity contribution is 8.00. The van der Waals surface area contributed by atoms with Crippen LogP contribution >= 0.6 is 11.8 Å². The van der Waals surface area contributed by atoms with Crippen molar-refractivity contribution < 1.29 is 4.79 Å². The number of nitrogens with zero attached hydrogens (tertiary/aromatic N) is 4. The molecule has 3 rings (SSSR count). The maximum Gasteiger partial charge on any atom is 0.214 e. The lowest BCUT2D eigenvalue weighted by molar-refractivity contribution is 0.0994. The summed E-state index contributed by atoms with van der Waals surface area (Å²) in [5.74, 6) is 0.0677. The standard InChI is InChI=1S/C20H22N4OS/c1-14(18(25)15-10-12-16(13-11-15)20(2,3)4)26-19-21-22-23-24(19)17-8-6-5-7-9-17/h5-14H,1-4H3/t14-/m0/s1. The van der Waals surface area contributed by atoms with E-state index < -0.39 is 0 Å². The number of benzene rings is 2. The minimum atomic E-state index is -0.288. The Hall–Kier alpha value is -2.47. The van der Waals surface area contributed by atoms with Gasteiger partial charge in [0.2, 0.25) is 5.16 Å². The van der Waals surface area contributed by atoms with Crippen molar-refractivity contribution in [3.63, 3.8) is 0 Å². The molecule has 26 heavy (non-hydrogen) atoms. The minimum Gasteiger partial charge on any atom is -0.293 e. The molecule has 0 amide bonds. The van der Waals surface area contributed by atoms with Gasteiger partial charge in [-0.05, 0) is 40.5 Å². The van der Waals surface area contributed by atoms with Crippen LogP contribution in [0, 0.1) is 0 Å². The number of thioether (sulfide) groups is 1. The zero-order valence-corrected chi connectivity index (χ0v) is 16.2. The second kappa shape index (κ2) is 7.41. The van der Waals surface area contributed by atoms with Crippen molar-refractivity contribution in [1.82, 2.24) is 20.2 Å². The van der Waals surface area contributed by atoms with E-state index in [0.29, 0.717) is 10.7 Å². The van der Waals surface area contributed by atoms with Crippen molar-refractivity contribution in [2.45, 2.75) is 43.5 Å². The van der Waals surface area contributed by atoms with Gasteiger partial charge in [0.25, 0.3) is 0 Å². The van der Waals surface area contributed by atoms with E-state index in [4.69, 9.17) is 0 Å². The van der Waals surface area contributed by atoms with E-state index in [1.807, 2.05) is 61.5 Å². The number of hydrogen-bond donors (Lipinski definition) is 0. The molecule has 1 heterocycles. The molecule has 0 aliphatic rings. The Morgan fingerprint density at radius 2 is 1.69 bits per heavy atom. The van der Waals surface area contributed by atoms with Crippen LogP contribution in [0.5, 0.6) is 0 Å². The third-order valence-electron chi connectivity index (χ3n) is 4.13. The molecule has 0 N–H and O–H groups in total. The molecule has 0 saturated carbocycles. The predicted molar refractivity (Wildman–Crippen MR) is 104 cm³/mol. The molecule has 1 atom stereocenters. The molecular weight excluding hydrogens is 344 g/mol. The number of tetrazole rings is 1. The van der Waals surface area contributed by atoms with Gasteiger partial charge in [-0.2, -0.15) is 4.68 Å². The smallest absolute Gasteiger partial charge is 0.214 e. The number of aromatic nitrogens is 4. The summed E-state index contributed by atoms with van der Waals surface area (Å²) < 4.78 is 1.65. The number of carbonyl (C=O) groups is 1. The van der Waals surface area contributed by atoms with Crippen molar-refractivity contribution in [3.05, 3.63) is 65.7 Å². The molecule has 5 nitrogen and oxygen atoms in total. The molecule has 0 spiro atoms. The highest BCUT2D eigenvalue weighted by Crippen LogP contribution is 2.27. The topological polar surface area (TPSA) is 60.7 Å². The fourth-order valence-electron chi connectivity index (χ4n) is 2.56. The van der Waals surface area contributed by atoms with E-state index in [9.17, 15) is 4.79 Å². The fourth-order valence-corrected chi connectivity index (χ4v) is 3.45. The Morgan fingerprint density at radius 3 is 2.31 bits per heavy atom. The number of rotatable bonds is 5. The summed E-state index contributed by atoms with van der Waals surface area (Å²) in [5.41, 5.74) is 2.85. The molecule has 0 bridgehead atoms. The summed E-state index contributed by atoms with van der Waals surface area (Å²) >= 11 is 1.36. The summed E-state index contributed by atoms with van der Waals surface area (Å²) in [6.45, 7) is 8.36. The molecule has 134 valence electrons. The molecule has 0 unspecified atom stereocenters. The summed E-state index contributed by atoms with van der Waals surface area (Å²) in [4.78, 5) is 12.8. The van der Waals surface area contributed by atoms with E-state index in [0.717, 1.165) is 5.69 Å². The summed E-state index contributed by atoms with van der Waals surface area (Å²) in [6.07, 6.45) is 0. The van der Waals surface area contributed by atoms with Crippen LogP contribution in [0.25, 0.3) is 5.69 Å². The van der Waals surface area contributed by atoms with Gasteiger partial charge in [0.1, 0.15) is 0 Å². The van der Waals surface area contributed by atoms with E-state index in [1.54, 1.807) is 4.68 Å². The first-order chi connectivity index (χ1) is 12.4. The van der Waals surface area contributed by atoms with E-state index >= 15 is 0 Å². The van der Waals surface area contributed by atoms with Crippen molar-refractivity contribution in [1.29, 1.82) is 0 Å². The lowest BCUT2D eigenvalue weighted by Gasteiger charge is -2.19. The molecule has 2 aromatic carbocycles. The number of ketones is 1. The van der Waals surface area contributed by atoms with Crippen LogP contribution in [0.1, 0.15) is 43.6 Å². The van der Waals surface area contributed by atoms with Crippen LogP contribution in [0.15, 0.2) is 59.8 Å². The average molecular weight is 366 g/mol. The Balaban J connectivity index is 1.76. The zero-order valence-electron chi connectivity index (χ0n) is 15.4. The van der Waals surface area contributed by atoms with Crippen LogP contribution in [0.3, 0.4) is 0 Å². The highest BCUT2D eigenvalue weighted by atomic mass is 32.2.